The van der Waals surface area contributed by atoms with Gasteiger partial charge in [0.1, 0.15) is 6.10 Å². The van der Waals surface area contributed by atoms with Gasteiger partial charge in [-0.2, -0.15) is 0 Å². The van der Waals surface area contributed by atoms with E-state index in [4.69, 9.17) is 15.3 Å². The summed E-state index contributed by atoms with van der Waals surface area (Å²) in [5.41, 5.74) is -3.46. The van der Waals surface area contributed by atoms with E-state index >= 15 is 0 Å². The van der Waals surface area contributed by atoms with Crippen LogP contribution in [0.3, 0.4) is 0 Å². The van der Waals surface area contributed by atoms with Crippen molar-refractivity contribution in [3.05, 3.63) is 0 Å². The van der Waals surface area contributed by atoms with Crippen molar-refractivity contribution in [2.24, 2.45) is 5.41 Å². The molecule has 10 nitrogen and oxygen atoms in total. The number of rotatable bonds is 4. The summed E-state index contributed by atoms with van der Waals surface area (Å²) < 4.78 is 25.1. The summed E-state index contributed by atoms with van der Waals surface area (Å²) in [7, 11) is -4.03. The molecule has 0 amide bonds. The fourth-order valence-corrected chi connectivity index (χ4v) is 3.82. The van der Waals surface area contributed by atoms with Crippen LogP contribution in [0.4, 0.5) is 0 Å². The van der Waals surface area contributed by atoms with Gasteiger partial charge in [0, 0.05) is 0 Å². The third kappa shape index (κ3) is 1.13. The largest absolute Gasteiger partial charge is 0.480 e. The van der Waals surface area contributed by atoms with Crippen LogP contribution < -0.4 is 0 Å². The van der Waals surface area contributed by atoms with Crippen molar-refractivity contribution in [3.63, 3.8) is 0 Å². The summed E-state index contributed by atoms with van der Waals surface area (Å²) in [6.45, 7) is 1.11. The third-order valence-corrected chi connectivity index (χ3v) is 4.37. The van der Waals surface area contributed by atoms with Crippen molar-refractivity contribution < 1.29 is 47.8 Å². The number of carboxylic acid groups (broad SMARTS) is 3. The van der Waals surface area contributed by atoms with E-state index in [1.807, 2.05) is 0 Å². The molecule has 100 valence electrons. The summed E-state index contributed by atoms with van der Waals surface area (Å²) in [6.07, 6.45) is -1.42. The molecule has 1 atom stereocenters. The minimum absolute atomic E-state index is 1.11. The summed E-state index contributed by atoms with van der Waals surface area (Å²) in [5, 5.41) is 26.8. The van der Waals surface area contributed by atoms with Gasteiger partial charge in [-0.05, 0) is 6.92 Å². The maximum absolute atomic E-state index is 11.4. The van der Waals surface area contributed by atoms with Crippen LogP contribution in [0.25, 0.3) is 0 Å². The number of fused-ring (bicyclic) bond motifs is 1. The van der Waals surface area contributed by atoms with Gasteiger partial charge in [-0.3, -0.25) is 18.9 Å². The maximum atomic E-state index is 11.4. The molecule has 0 aromatic carbocycles. The zero-order chi connectivity index (χ0) is 13.9. The van der Waals surface area contributed by atoms with Crippen molar-refractivity contribution in [1.29, 1.82) is 0 Å². The second-order valence-electron chi connectivity index (χ2n) is 3.71. The van der Waals surface area contributed by atoms with E-state index in [0.29, 0.717) is 0 Å². The average molecular weight is 282 g/mol. The summed E-state index contributed by atoms with van der Waals surface area (Å²) in [4.78, 5) is 33.3. The first-order chi connectivity index (χ1) is 8.12. The van der Waals surface area contributed by atoms with E-state index in [2.05, 4.69) is 13.6 Å². The van der Waals surface area contributed by atoms with E-state index in [1.54, 1.807) is 0 Å². The fourth-order valence-electron chi connectivity index (χ4n) is 1.96. The van der Waals surface area contributed by atoms with Gasteiger partial charge in [0.15, 0.2) is 0 Å². The second kappa shape index (κ2) is 3.29. The number of hydrogen-bond acceptors (Lipinski definition) is 7. The number of hydrogen-bond donors (Lipinski definition) is 3. The molecule has 3 rings (SSSR count). The van der Waals surface area contributed by atoms with Gasteiger partial charge in [0.2, 0.25) is 0 Å². The Bertz CT molecular complexity index is 462. The predicted molar refractivity (Wildman–Crippen MR) is 48.4 cm³/mol. The van der Waals surface area contributed by atoms with Gasteiger partial charge in [0.25, 0.3) is 5.79 Å². The summed E-state index contributed by atoms with van der Waals surface area (Å²) in [6, 6.07) is 0. The van der Waals surface area contributed by atoms with Gasteiger partial charge in [-0.1, -0.05) is 0 Å². The monoisotopic (exact) mass is 282 g/mol. The Morgan fingerprint density at radius 3 is 1.72 bits per heavy atom. The molecule has 0 aliphatic carbocycles. The normalized spacial score (nSPS) is 37.9. The van der Waals surface area contributed by atoms with Crippen molar-refractivity contribution in [2.45, 2.75) is 18.8 Å². The molecule has 0 radical (unpaired) electrons. The molecule has 0 saturated carbocycles. The zero-order valence-corrected chi connectivity index (χ0v) is 9.62. The maximum Gasteiger partial charge on any atom is 0.480 e. The Morgan fingerprint density at radius 1 is 1.11 bits per heavy atom. The first-order valence-corrected chi connectivity index (χ1v) is 5.98. The van der Waals surface area contributed by atoms with Gasteiger partial charge >= 0.3 is 31.1 Å². The fraction of sp³-hybridized carbons (Fsp3) is 0.571. The van der Waals surface area contributed by atoms with Crippen molar-refractivity contribution in [2.75, 3.05) is 0 Å². The highest BCUT2D eigenvalue weighted by Crippen LogP contribution is 2.78. The van der Waals surface area contributed by atoms with E-state index in [9.17, 15) is 18.9 Å². The topological polar surface area (TPSA) is 157 Å². The van der Waals surface area contributed by atoms with Crippen LogP contribution in [-0.4, -0.2) is 45.1 Å². The Hall–Kier alpha value is -1.48. The molecule has 3 aliphatic rings. The number of carbonyl (C=O) groups is 3. The quantitative estimate of drug-likeness (QED) is 0.453. The minimum Gasteiger partial charge on any atom is -0.480 e. The average Bonchev–Trinajstić information content (AvgIpc) is 2.49. The van der Waals surface area contributed by atoms with Crippen LogP contribution >= 0.6 is 7.82 Å². The molecule has 0 spiro atoms. The lowest BCUT2D eigenvalue weighted by molar-refractivity contribution is -0.257. The minimum atomic E-state index is -4.03. The van der Waals surface area contributed by atoms with E-state index in [1.165, 1.54) is 0 Å². The molecular weight excluding hydrogens is 275 g/mol. The predicted octanol–water partition coefficient (Wildman–Crippen LogP) is -0.504. The van der Waals surface area contributed by atoms with Crippen molar-refractivity contribution in [3.8, 4) is 0 Å². The number of carboxylic acids is 3. The summed E-state index contributed by atoms with van der Waals surface area (Å²) in [5.74, 6) is -9.30. The van der Waals surface area contributed by atoms with E-state index in [0.717, 1.165) is 6.92 Å². The molecule has 0 aromatic rings. The molecule has 3 heterocycles. The van der Waals surface area contributed by atoms with Gasteiger partial charge in [-0.15, -0.1) is 0 Å². The van der Waals surface area contributed by atoms with Crippen LogP contribution in [0.1, 0.15) is 6.92 Å². The lowest BCUT2D eigenvalue weighted by Crippen LogP contribution is -2.68. The molecule has 18 heavy (non-hydrogen) atoms. The number of aliphatic carboxylic acids is 3. The van der Waals surface area contributed by atoms with Gasteiger partial charge in [-0.25, -0.2) is 13.6 Å². The lowest BCUT2D eigenvalue weighted by Gasteiger charge is -2.42. The number of phosphoric ester groups is 1. The van der Waals surface area contributed by atoms with Gasteiger partial charge in [0.05, 0.1) is 0 Å². The molecule has 3 saturated heterocycles. The highest BCUT2D eigenvalue weighted by molar-refractivity contribution is 7.50. The molecule has 1 unspecified atom stereocenters. The molecule has 2 bridgehead atoms. The van der Waals surface area contributed by atoms with Crippen molar-refractivity contribution in [1.82, 2.24) is 0 Å². The third-order valence-electron chi connectivity index (χ3n) is 2.80. The highest BCUT2D eigenvalue weighted by atomic mass is 31.2. The first kappa shape index (κ1) is 13.0. The molecule has 11 heteroatoms. The Labute approximate surface area is 98.7 Å². The molecule has 3 fully saturated rings. The van der Waals surface area contributed by atoms with Crippen LogP contribution in [0.5, 0.6) is 0 Å². The molecule has 3 aliphatic heterocycles. The molecular formula is C7H7O10P. The highest BCUT2D eigenvalue weighted by Gasteiger charge is 2.86. The van der Waals surface area contributed by atoms with Crippen molar-refractivity contribution >= 4 is 25.7 Å². The van der Waals surface area contributed by atoms with Crippen LogP contribution in [0.15, 0.2) is 0 Å². The standard InChI is InChI=1S/C7H7O10P/c1-2-7(16-18(14,15-2)17-7)6(3(8)9,4(10)11)5(12)13/h2H,1H3,(H,8,9)(H,10,11)(H,12,13). The Kier molecular flexibility index (Phi) is 2.37. The second-order valence-corrected chi connectivity index (χ2v) is 5.18. The Balaban J connectivity index is 2.63. The molecule has 3 N–H and O–H groups in total. The molecule has 0 aromatic heterocycles. The van der Waals surface area contributed by atoms with Crippen LogP contribution in [0, 0.1) is 5.41 Å². The van der Waals surface area contributed by atoms with Gasteiger partial charge < -0.3 is 15.3 Å². The SMILES string of the molecule is CC1OP2(=O)OC1(C(C(=O)O)(C(=O)O)C(=O)O)O2. The number of phosphoric acid groups is 1. The first-order valence-electron chi connectivity index (χ1n) is 4.52. The van der Waals surface area contributed by atoms with Crippen LogP contribution in [-0.2, 0) is 32.5 Å². The van der Waals surface area contributed by atoms with E-state index < -0.39 is 43.0 Å². The smallest absolute Gasteiger partial charge is 0.480 e. The Morgan fingerprint density at radius 2 is 1.50 bits per heavy atom. The summed E-state index contributed by atoms with van der Waals surface area (Å²) >= 11 is 0. The lowest BCUT2D eigenvalue weighted by atomic mass is 9.76. The van der Waals surface area contributed by atoms with Crippen LogP contribution in [0.2, 0.25) is 0 Å². The zero-order valence-electron chi connectivity index (χ0n) is 8.72. The van der Waals surface area contributed by atoms with E-state index in [-0.39, 0.29) is 0 Å².